The Kier molecular flexibility index (Phi) is 4.99. The van der Waals surface area contributed by atoms with Crippen LogP contribution >= 0.6 is 11.3 Å². The molecule has 1 aliphatic rings. The molecule has 1 N–H and O–H groups in total. The second-order valence-corrected chi connectivity index (χ2v) is 6.82. The number of amides is 2. The van der Waals surface area contributed by atoms with Gasteiger partial charge in [-0.05, 0) is 20.8 Å². The summed E-state index contributed by atoms with van der Waals surface area (Å²) in [5.41, 5.74) is 0. The molecule has 0 bridgehead atoms. The van der Waals surface area contributed by atoms with Gasteiger partial charge >= 0.3 is 6.03 Å². The molecule has 6 heteroatoms. The SMILES string of the molecule is Cc1cnc(C(C)CNC(=O)N2CC(C)OC(C)C2)s1. The fourth-order valence-corrected chi connectivity index (χ4v) is 3.21. The smallest absolute Gasteiger partial charge is 0.317 e. The van der Waals surface area contributed by atoms with Crippen molar-refractivity contribution in [2.24, 2.45) is 0 Å². The molecule has 1 saturated heterocycles. The molecule has 112 valence electrons. The van der Waals surface area contributed by atoms with E-state index in [-0.39, 0.29) is 24.2 Å². The van der Waals surface area contributed by atoms with Crippen molar-refractivity contribution >= 4 is 17.4 Å². The molecule has 3 unspecified atom stereocenters. The summed E-state index contributed by atoms with van der Waals surface area (Å²) in [6, 6.07) is -0.00729. The second kappa shape index (κ2) is 6.54. The van der Waals surface area contributed by atoms with Gasteiger partial charge in [0.25, 0.3) is 0 Å². The van der Waals surface area contributed by atoms with E-state index in [0.717, 1.165) is 5.01 Å². The average molecular weight is 297 g/mol. The first-order valence-electron chi connectivity index (χ1n) is 7.06. The molecule has 5 nitrogen and oxygen atoms in total. The summed E-state index contributed by atoms with van der Waals surface area (Å²) in [6.45, 7) is 10.0. The normalized spacial score (nSPS) is 24.5. The zero-order valence-corrected chi connectivity index (χ0v) is 13.4. The highest BCUT2D eigenvalue weighted by molar-refractivity contribution is 7.11. The van der Waals surface area contributed by atoms with Crippen molar-refractivity contribution in [2.45, 2.75) is 45.8 Å². The van der Waals surface area contributed by atoms with E-state index >= 15 is 0 Å². The van der Waals surface area contributed by atoms with Crippen LogP contribution in [0.15, 0.2) is 6.20 Å². The summed E-state index contributed by atoms with van der Waals surface area (Å²) in [5.74, 6) is 0.244. The number of aromatic nitrogens is 1. The molecule has 1 aromatic rings. The minimum absolute atomic E-state index is 0.00729. The molecule has 0 radical (unpaired) electrons. The lowest BCUT2D eigenvalue weighted by Gasteiger charge is -2.35. The molecule has 1 aliphatic heterocycles. The van der Waals surface area contributed by atoms with E-state index in [0.29, 0.717) is 19.6 Å². The fraction of sp³-hybridized carbons (Fsp3) is 0.714. The predicted octanol–water partition coefficient (Wildman–Crippen LogP) is 2.37. The Morgan fingerprint density at radius 1 is 1.55 bits per heavy atom. The number of rotatable bonds is 3. The number of nitrogens with one attached hydrogen (secondary N) is 1. The number of carbonyl (C=O) groups is 1. The summed E-state index contributed by atoms with van der Waals surface area (Å²) < 4.78 is 5.63. The highest BCUT2D eigenvalue weighted by atomic mass is 32.1. The molecular weight excluding hydrogens is 274 g/mol. The molecule has 1 fully saturated rings. The van der Waals surface area contributed by atoms with Crippen molar-refractivity contribution in [2.75, 3.05) is 19.6 Å². The minimum Gasteiger partial charge on any atom is -0.372 e. The van der Waals surface area contributed by atoms with E-state index < -0.39 is 0 Å². The topological polar surface area (TPSA) is 54.5 Å². The van der Waals surface area contributed by atoms with Gasteiger partial charge in [-0.2, -0.15) is 0 Å². The molecule has 0 saturated carbocycles. The molecule has 0 spiro atoms. The largest absolute Gasteiger partial charge is 0.372 e. The Morgan fingerprint density at radius 2 is 2.20 bits per heavy atom. The Balaban J connectivity index is 1.82. The summed E-state index contributed by atoms with van der Waals surface area (Å²) in [5, 5.41) is 4.07. The number of carbonyl (C=O) groups excluding carboxylic acids is 1. The molecule has 3 atom stereocenters. The first kappa shape index (κ1) is 15.3. The standard InChI is InChI=1S/C14H23N3O2S/c1-9(13-15-6-12(4)20-13)5-16-14(18)17-7-10(2)19-11(3)8-17/h6,9-11H,5,7-8H2,1-4H3,(H,16,18). The number of aryl methyl sites for hydroxylation is 1. The maximum absolute atomic E-state index is 12.2. The van der Waals surface area contributed by atoms with Crippen molar-refractivity contribution in [3.05, 3.63) is 16.1 Å². The van der Waals surface area contributed by atoms with Gasteiger partial charge in [0.15, 0.2) is 0 Å². The fourth-order valence-electron chi connectivity index (χ4n) is 2.38. The van der Waals surface area contributed by atoms with Gasteiger partial charge in [-0.1, -0.05) is 6.92 Å². The summed E-state index contributed by atoms with van der Waals surface area (Å²) in [6.07, 6.45) is 2.08. The van der Waals surface area contributed by atoms with Gasteiger partial charge in [-0.3, -0.25) is 0 Å². The zero-order valence-electron chi connectivity index (χ0n) is 12.5. The van der Waals surface area contributed by atoms with E-state index in [1.54, 1.807) is 11.3 Å². The Labute approximate surface area is 124 Å². The van der Waals surface area contributed by atoms with Crippen LogP contribution in [0.3, 0.4) is 0 Å². The van der Waals surface area contributed by atoms with Gasteiger partial charge in [0.1, 0.15) is 0 Å². The highest BCUT2D eigenvalue weighted by Crippen LogP contribution is 2.20. The summed E-state index contributed by atoms with van der Waals surface area (Å²) in [4.78, 5) is 19.6. The Morgan fingerprint density at radius 3 is 2.75 bits per heavy atom. The van der Waals surface area contributed by atoms with Crippen molar-refractivity contribution < 1.29 is 9.53 Å². The number of ether oxygens (including phenoxy) is 1. The van der Waals surface area contributed by atoms with Gasteiger partial charge in [-0.25, -0.2) is 9.78 Å². The van der Waals surface area contributed by atoms with Crippen LogP contribution < -0.4 is 5.32 Å². The van der Waals surface area contributed by atoms with E-state index in [2.05, 4.69) is 17.2 Å². The molecule has 1 aromatic heterocycles. The number of hydrogen-bond acceptors (Lipinski definition) is 4. The van der Waals surface area contributed by atoms with Crippen molar-refractivity contribution in [3.63, 3.8) is 0 Å². The van der Waals surface area contributed by atoms with Gasteiger partial charge in [0, 0.05) is 36.6 Å². The number of urea groups is 1. The van der Waals surface area contributed by atoms with Crippen LogP contribution in [0.1, 0.15) is 36.6 Å². The maximum atomic E-state index is 12.2. The average Bonchev–Trinajstić information content (AvgIpc) is 2.81. The van der Waals surface area contributed by atoms with Crippen LogP contribution in [0, 0.1) is 6.92 Å². The van der Waals surface area contributed by atoms with Crippen LogP contribution in [0.2, 0.25) is 0 Å². The van der Waals surface area contributed by atoms with Crippen molar-refractivity contribution in [1.82, 2.24) is 15.2 Å². The lowest BCUT2D eigenvalue weighted by atomic mass is 10.2. The first-order chi connectivity index (χ1) is 9.45. The monoisotopic (exact) mass is 297 g/mol. The van der Waals surface area contributed by atoms with Gasteiger partial charge in [0.05, 0.1) is 17.2 Å². The van der Waals surface area contributed by atoms with Crippen molar-refractivity contribution in [3.8, 4) is 0 Å². The first-order valence-corrected chi connectivity index (χ1v) is 7.88. The van der Waals surface area contributed by atoms with Gasteiger partial charge in [0.2, 0.25) is 0 Å². The minimum atomic E-state index is -0.00729. The van der Waals surface area contributed by atoms with E-state index in [1.807, 2.05) is 31.9 Å². The molecule has 20 heavy (non-hydrogen) atoms. The van der Waals surface area contributed by atoms with Crippen LogP contribution in [-0.2, 0) is 4.74 Å². The molecule has 0 aromatic carbocycles. The van der Waals surface area contributed by atoms with E-state index in [1.165, 1.54) is 4.88 Å². The van der Waals surface area contributed by atoms with Crippen LogP contribution in [0.25, 0.3) is 0 Å². The number of nitrogens with zero attached hydrogens (tertiary/aromatic N) is 2. The van der Waals surface area contributed by atoms with E-state index in [4.69, 9.17) is 4.74 Å². The lowest BCUT2D eigenvalue weighted by molar-refractivity contribution is -0.0545. The molecular formula is C14H23N3O2S. The maximum Gasteiger partial charge on any atom is 0.317 e. The summed E-state index contributed by atoms with van der Waals surface area (Å²) >= 11 is 1.69. The number of morpholine rings is 1. The molecule has 2 rings (SSSR count). The molecule has 2 heterocycles. The Hall–Kier alpha value is -1.14. The van der Waals surface area contributed by atoms with Crippen LogP contribution in [0.4, 0.5) is 4.79 Å². The zero-order chi connectivity index (χ0) is 14.7. The molecule has 2 amide bonds. The number of thiazole rings is 1. The third-order valence-electron chi connectivity index (χ3n) is 3.33. The van der Waals surface area contributed by atoms with Gasteiger partial charge in [-0.15, -0.1) is 11.3 Å². The van der Waals surface area contributed by atoms with E-state index in [9.17, 15) is 4.79 Å². The van der Waals surface area contributed by atoms with Crippen LogP contribution in [-0.4, -0.2) is 47.8 Å². The third-order valence-corrected chi connectivity index (χ3v) is 4.47. The van der Waals surface area contributed by atoms with Crippen molar-refractivity contribution in [1.29, 1.82) is 0 Å². The predicted molar refractivity (Wildman–Crippen MR) is 80.2 cm³/mol. The van der Waals surface area contributed by atoms with Crippen LogP contribution in [0.5, 0.6) is 0 Å². The second-order valence-electron chi connectivity index (χ2n) is 5.56. The number of hydrogen-bond donors (Lipinski definition) is 1. The molecule has 0 aliphatic carbocycles. The quantitative estimate of drug-likeness (QED) is 0.932. The lowest BCUT2D eigenvalue weighted by Crippen LogP contribution is -2.52. The Bertz CT molecular complexity index is 453. The third kappa shape index (κ3) is 3.93. The van der Waals surface area contributed by atoms with Gasteiger partial charge < -0.3 is 15.0 Å². The highest BCUT2D eigenvalue weighted by Gasteiger charge is 2.26. The summed E-state index contributed by atoms with van der Waals surface area (Å²) in [7, 11) is 0.